The Balaban J connectivity index is 1.83. The Labute approximate surface area is 173 Å². The molecule has 0 saturated heterocycles. The number of fused-ring (bicyclic) bond motifs is 4. The van der Waals surface area contributed by atoms with Gasteiger partial charge in [-0.1, -0.05) is 13.0 Å². The van der Waals surface area contributed by atoms with Crippen LogP contribution in [0.15, 0.2) is 60.0 Å². The van der Waals surface area contributed by atoms with E-state index in [0.717, 1.165) is 12.3 Å². The third-order valence-electron chi connectivity index (χ3n) is 5.04. The molecule has 5 aromatic rings. The quantitative estimate of drug-likeness (QED) is 0.419. The minimum atomic E-state index is -4.54. The number of hydrogen-bond donors (Lipinski definition) is 0. The first kappa shape index (κ1) is 19.5. The maximum absolute atomic E-state index is 13.4. The van der Waals surface area contributed by atoms with Crippen molar-refractivity contribution in [1.82, 2.24) is 23.8 Å². The van der Waals surface area contributed by atoms with Crippen molar-refractivity contribution in [2.24, 2.45) is 0 Å². The number of imidazole rings is 2. The minimum Gasteiger partial charge on any atom is -0.290 e. The first-order valence-corrected chi connectivity index (χ1v) is 10.9. The van der Waals surface area contributed by atoms with Gasteiger partial charge in [0.15, 0.2) is 14.9 Å². The van der Waals surface area contributed by atoms with Gasteiger partial charge in [-0.05, 0) is 30.3 Å². The molecule has 5 heterocycles. The van der Waals surface area contributed by atoms with Crippen molar-refractivity contribution in [3.05, 3.63) is 60.6 Å². The summed E-state index contributed by atoms with van der Waals surface area (Å²) in [7, 11) is -3.68. The summed E-state index contributed by atoms with van der Waals surface area (Å²) in [5.74, 6) is -0.143. The standard InChI is InChI=1S/C20H14F3N5O2S/c1-2-31(29,30)19-17(26-15-5-3-4-10-27(15)19)14-11-28-16(25-14)7-6-12-13(20(21,22)23)8-9-24-18(12)28/h3-11H,2H2,1H3. The number of sulfone groups is 1. The van der Waals surface area contributed by atoms with Gasteiger partial charge in [0.25, 0.3) is 0 Å². The molecular formula is C20H14F3N5O2S. The van der Waals surface area contributed by atoms with Crippen LogP contribution in [0.3, 0.4) is 0 Å². The molecule has 0 aliphatic rings. The second-order valence-electron chi connectivity index (χ2n) is 6.88. The molecule has 0 saturated carbocycles. The molecule has 0 radical (unpaired) electrons. The molecule has 5 rings (SSSR count). The van der Waals surface area contributed by atoms with E-state index < -0.39 is 21.6 Å². The van der Waals surface area contributed by atoms with Crippen molar-refractivity contribution in [2.75, 3.05) is 5.75 Å². The zero-order valence-electron chi connectivity index (χ0n) is 16.0. The topological polar surface area (TPSA) is 81.6 Å². The van der Waals surface area contributed by atoms with E-state index in [1.54, 1.807) is 24.4 Å². The van der Waals surface area contributed by atoms with Gasteiger partial charge in [0, 0.05) is 24.0 Å². The lowest BCUT2D eigenvalue weighted by Crippen LogP contribution is -2.08. The lowest BCUT2D eigenvalue weighted by Gasteiger charge is -2.10. The van der Waals surface area contributed by atoms with E-state index in [9.17, 15) is 21.6 Å². The van der Waals surface area contributed by atoms with E-state index in [0.29, 0.717) is 11.3 Å². The van der Waals surface area contributed by atoms with Gasteiger partial charge in [-0.3, -0.25) is 8.80 Å². The van der Waals surface area contributed by atoms with Gasteiger partial charge in [-0.2, -0.15) is 13.2 Å². The average Bonchev–Trinajstić information content (AvgIpc) is 3.34. The van der Waals surface area contributed by atoms with E-state index >= 15 is 0 Å². The zero-order chi connectivity index (χ0) is 22.0. The molecule has 0 aliphatic carbocycles. The summed E-state index contributed by atoms with van der Waals surface area (Å²) in [4.78, 5) is 13.0. The van der Waals surface area contributed by atoms with Crippen molar-refractivity contribution in [1.29, 1.82) is 0 Å². The van der Waals surface area contributed by atoms with Crippen LogP contribution in [0, 0.1) is 0 Å². The van der Waals surface area contributed by atoms with Gasteiger partial charge in [0.05, 0.1) is 11.3 Å². The second kappa shape index (κ2) is 6.51. The summed E-state index contributed by atoms with van der Waals surface area (Å²) in [6.07, 6.45) is -0.400. The minimum absolute atomic E-state index is 0.0118. The highest BCUT2D eigenvalue weighted by Crippen LogP contribution is 2.35. The fourth-order valence-electron chi connectivity index (χ4n) is 3.59. The first-order chi connectivity index (χ1) is 14.7. The average molecular weight is 445 g/mol. The van der Waals surface area contributed by atoms with Gasteiger partial charge in [0.1, 0.15) is 28.3 Å². The Morgan fingerprint density at radius 3 is 2.52 bits per heavy atom. The maximum atomic E-state index is 13.4. The first-order valence-electron chi connectivity index (χ1n) is 9.25. The zero-order valence-corrected chi connectivity index (χ0v) is 16.8. The summed E-state index contributed by atoms with van der Waals surface area (Å²) in [6, 6.07) is 8.75. The highest BCUT2D eigenvalue weighted by molar-refractivity contribution is 7.91. The monoisotopic (exact) mass is 445 g/mol. The highest BCUT2D eigenvalue weighted by Gasteiger charge is 2.33. The van der Waals surface area contributed by atoms with Crippen LogP contribution in [0.1, 0.15) is 12.5 Å². The van der Waals surface area contributed by atoms with Crippen LogP contribution in [0.2, 0.25) is 0 Å². The lowest BCUT2D eigenvalue weighted by molar-refractivity contribution is -0.136. The molecule has 0 unspecified atom stereocenters. The van der Waals surface area contributed by atoms with Gasteiger partial charge in [-0.15, -0.1) is 0 Å². The Morgan fingerprint density at radius 1 is 1.00 bits per heavy atom. The summed E-state index contributed by atoms with van der Waals surface area (Å²) < 4.78 is 68.7. The van der Waals surface area contributed by atoms with Crippen LogP contribution >= 0.6 is 0 Å². The SMILES string of the molecule is CCS(=O)(=O)c1c(-c2cn3c(ccc4c(C(F)(F)F)ccnc43)n2)nc2ccccn12. The van der Waals surface area contributed by atoms with Crippen LogP contribution in [-0.4, -0.2) is 37.9 Å². The Kier molecular flexibility index (Phi) is 4.09. The molecular weight excluding hydrogens is 431 g/mol. The molecule has 7 nitrogen and oxygen atoms in total. The van der Waals surface area contributed by atoms with Crippen molar-refractivity contribution in [2.45, 2.75) is 18.1 Å². The van der Waals surface area contributed by atoms with E-state index in [1.807, 2.05) is 0 Å². The van der Waals surface area contributed by atoms with Crippen LogP contribution < -0.4 is 0 Å². The fourth-order valence-corrected chi connectivity index (χ4v) is 4.77. The molecule has 0 amide bonds. The maximum Gasteiger partial charge on any atom is 0.417 e. The Bertz CT molecular complexity index is 1590. The van der Waals surface area contributed by atoms with Crippen molar-refractivity contribution >= 4 is 32.2 Å². The van der Waals surface area contributed by atoms with E-state index in [4.69, 9.17) is 0 Å². The Morgan fingerprint density at radius 2 is 1.77 bits per heavy atom. The fraction of sp³-hybridized carbons (Fsp3) is 0.150. The number of aromatic nitrogens is 5. The van der Waals surface area contributed by atoms with Gasteiger partial charge in [0.2, 0.25) is 0 Å². The summed E-state index contributed by atoms with van der Waals surface area (Å²) in [5, 5.41) is -0.0925. The molecule has 0 aliphatic heterocycles. The van der Waals surface area contributed by atoms with Gasteiger partial charge >= 0.3 is 6.18 Å². The number of hydrogen-bond acceptors (Lipinski definition) is 5. The molecule has 5 aromatic heterocycles. The molecule has 11 heteroatoms. The smallest absolute Gasteiger partial charge is 0.290 e. The van der Waals surface area contributed by atoms with Gasteiger partial charge < -0.3 is 0 Å². The third-order valence-corrected chi connectivity index (χ3v) is 6.78. The van der Waals surface area contributed by atoms with Crippen LogP contribution in [-0.2, 0) is 16.0 Å². The molecule has 0 aromatic carbocycles. The van der Waals surface area contributed by atoms with Crippen molar-refractivity contribution in [3.63, 3.8) is 0 Å². The number of rotatable bonds is 3. The lowest BCUT2D eigenvalue weighted by atomic mass is 10.1. The van der Waals surface area contributed by atoms with Crippen LogP contribution in [0.5, 0.6) is 0 Å². The summed E-state index contributed by atoms with van der Waals surface area (Å²) in [6.45, 7) is 1.53. The largest absolute Gasteiger partial charge is 0.417 e. The Hall–Kier alpha value is -3.47. The molecule has 158 valence electrons. The summed E-state index contributed by atoms with van der Waals surface area (Å²) in [5.41, 5.74) is 0.362. The van der Waals surface area contributed by atoms with E-state index in [1.165, 1.54) is 34.1 Å². The van der Waals surface area contributed by atoms with E-state index in [-0.39, 0.29) is 33.2 Å². The van der Waals surface area contributed by atoms with Crippen molar-refractivity contribution in [3.8, 4) is 11.4 Å². The molecule has 31 heavy (non-hydrogen) atoms. The number of nitrogens with zero attached hydrogens (tertiary/aromatic N) is 5. The predicted octanol–water partition coefficient (Wildman–Crippen LogP) is 4.01. The third kappa shape index (κ3) is 2.95. The molecule has 0 spiro atoms. The van der Waals surface area contributed by atoms with Crippen LogP contribution in [0.4, 0.5) is 13.2 Å². The molecule has 0 fully saturated rings. The summed E-state index contributed by atoms with van der Waals surface area (Å²) >= 11 is 0. The number of alkyl halides is 3. The highest BCUT2D eigenvalue weighted by atomic mass is 32.2. The van der Waals surface area contributed by atoms with E-state index in [2.05, 4.69) is 15.0 Å². The number of halogens is 3. The van der Waals surface area contributed by atoms with Crippen molar-refractivity contribution < 1.29 is 21.6 Å². The molecule has 0 atom stereocenters. The predicted molar refractivity (Wildman–Crippen MR) is 107 cm³/mol. The molecule has 0 bridgehead atoms. The van der Waals surface area contributed by atoms with Gasteiger partial charge in [-0.25, -0.2) is 23.4 Å². The second-order valence-corrected chi connectivity index (χ2v) is 9.07. The number of pyridine rings is 3. The normalized spacial score (nSPS) is 12.9. The van der Waals surface area contributed by atoms with Crippen LogP contribution in [0.25, 0.3) is 33.7 Å². The molecule has 0 N–H and O–H groups in total.